The van der Waals surface area contributed by atoms with Gasteiger partial charge in [0.15, 0.2) is 0 Å². The summed E-state index contributed by atoms with van der Waals surface area (Å²) in [6, 6.07) is 8.83. The molecule has 0 aromatic heterocycles. The summed E-state index contributed by atoms with van der Waals surface area (Å²) in [5, 5.41) is 3.30. The van der Waals surface area contributed by atoms with Crippen molar-refractivity contribution < 1.29 is 4.79 Å². The summed E-state index contributed by atoms with van der Waals surface area (Å²) in [4.78, 5) is 14.6. The van der Waals surface area contributed by atoms with Gasteiger partial charge in [-0.2, -0.15) is 0 Å². The Morgan fingerprint density at radius 2 is 2.24 bits per heavy atom. The molecule has 1 aliphatic carbocycles. The number of piperidine rings is 1. The summed E-state index contributed by atoms with van der Waals surface area (Å²) in [6.07, 6.45) is 3.31. The normalized spacial score (nSPS) is 27.9. The third kappa shape index (κ3) is 3.79. The standard InChI is InChI=1S/C16H21BrN2O.ClH/c1-18-13-6-3-7-19(10-13)16(20)15-9-14(15)11-4-2-5-12(17)8-11;/h2,4-5,8,13-15,18H,3,6-7,9-10H2,1H3;1H. The fourth-order valence-corrected chi connectivity index (χ4v) is 3.64. The Bertz CT molecular complexity index is 511. The molecule has 2 fully saturated rings. The maximum Gasteiger partial charge on any atom is 0.226 e. The van der Waals surface area contributed by atoms with Crippen molar-refractivity contribution in [3.63, 3.8) is 0 Å². The van der Waals surface area contributed by atoms with E-state index >= 15 is 0 Å². The number of hydrogen-bond donors (Lipinski definition) is 1. The highest BCUT2D eigenvalue weighted by atomic mass is 79.9. The molecule has 5 heteroatoms. The van der Waals surface area contributed by atoms with Crippen molar-refractivity contribution in [2.75, 3.05) is 20.1 Å². The zero-order valence-electron chi connectivity index (χ0n) is 12.2. The van der Waals surface area contributed by atoms with Gasteiger partial charge in [0.05, 0.1) is 0 Å². The Balaban J connectivity index is 0.00000161. The lowest BCUT2D eigenvalue weighted by Crippen LogP contribution is -2.47. The number of likely N-dealkylation sites (tertiary alicyclic amines) is 1. The number of likely N-dealkylation sites (N-methyl/N-ethyl adjacent to an activating group) is 1. The molecule has 3 nitrogen and oxygen atoms in total. The summed E-state index contributed by atoms with van der Waals surface area (Å²) in [5.74, 6) is 0.991. The molecule has 116 valence electrons. The van der Waals surface area contributed by atoms with Crippen molar-refractivity contribution in [3.05, 3.63) is 34.3 Å². The topological polar surface area (TPSA) is 32.3 Å². The van der Waals surface area contributed by atoms with Crippen LogP contribution in [0.15, 0.2) is 28.7 Å². The van der Waals surface area contributed by atoms with Crippen LogP contribution in [0.5, 0.6) is 0 Å². The summed E-state index contributed by atoms with van der Waals surface area (Å²) >= 11 is 3.51. The number of benzene rings is 1. The van der Waals surface area contributed by atoms with Gasteiger partial charge in [-0.05, 0) is 49.9 Å². The highest BCUT2D eigenvalue weighted by molar-refractivity contribution is 9.10. The molecule has 3 atom stereocenters. The SMILES string of the molecule is CNC1CCCN(C(=O)C2CC2c2cccc(Br)c2)C1.Cl. The van der Waals surface area contributed by atoms with Gasteiger partial charge < -0.3 is 10.2 Å². The van der Waals surface area contributed by atoms with Crippen molar-refractivity contribution in [1.82, 2.24) is 10.2 Å². The quantitative estimate of drug-likeness (QED) is 0.882. The first-order valence-corrected chi connectivity index (χ1v) is 8.20. The van der Waals surface area contributed by atoms with Gasteiger partial charge in [-0.1, -0.05) is 28.1 Å². The summed E-state index contributed by atoms with van der Waals surface area (Å²) in [5.41, 5.74) is 1.29. The van der Waals surface area contributed by atoms with Crippen LogP contribution in [0.1, 0.15) is 30.7 Å². The summed E-state index contributed by atoms with van der Waals surface area (Å²) < 4.78 is 1.10. The Morgan fingerprint density at radius 1 is 1.43 bits per heavy atom. The van der Waals surface area contributed by atoms with Gasteiger partial charge in [0.25, 0.3) is 0 Å². The molecule has 21 heavy (non-hydrogen) atoms. The summed E-state index contributed by atoms with van der Waals surface area (Å²) in [7, 11) is 1.99. The lowest BCUT2D eigenvalue weighted by Gasteiger charge is -2.32. The first-order chi connectivity index (χ1) is 9.69. The molecule has 0 bridgehead atoms. The number of halogens is 2. The van der Waals surface area contributed by atoms with Gasteiger partial charge in [-0.15, -0.1) is 12.4 Å². The van der Waals surface area contributed by atoms with E-state index in [1.54, 1.807) is 0 Å². The molecule has 0 spiro atoms. The third-order valence-electron chi connectivity index (χ3n) is 4.53. The smallest absolute Gasteiger partial charge is 0.226 e. The molecular weight excluding hydrogens is 352 g/mol. The minimum absolute atomic E-state index is 0. The average Bonchev–Trinajstić information content (AvgIpc) is 3.27. The van der Waals surface area contributed by atoms with E-state index in [9.17, 15) is 4.79 Å². The molecule has 3 rings (SSSR count). The van der Waals surface area contributed by atoms with E-state index in [4.69, 9.17) is 0 Å². The van der Waals surface area contributed by atoms with Crippen LogP contribution in [0.25, 0.3) is 0 Å². The zero-order valence-corrected chi connectivity index (χ0v) is 14.6. The van der Waals surface area contributed by atoms with Gasteiger partial charge in [0, 0.05) is 29.5 Å². The number of amides is 1. The van der Waals surface area contributed by atoms with Crippen LogP contribution < -0.4 is 5.32 Å². The molecule has 1 amide bonds. The number of nitrogens with zero attached hydrogens (tertiary/aromatic N) is 1. The fraction of sp³-hybridized carbons (Fsp3) is 0.562. The maximum absolute atomic E-state index is 12.6. The first-order valence-electron chi connectivity index (χ1n) is 7.40. The van der Waals surface area contributed by atoms with Crippen molar-refractivity contribution in [1.29, 1.82) is 0 Å². The maximum atomic E-state index is 12.6. The average molecular weight is 374 g/mol. The highest BCUT2D eigenvalue weighted by Crippen LogP contribution is 2.49. The highest BCUT2D eigenvalue weighted by Gasteiger charge is 2.46. The Morgan fingerprint density at radius 3 is 2.95 bits per heavy atom. The van der Waals surface area contributed by atoms with E-state index in [0.717, 1.165) is 30.4 Å². The molecule has 1 saturated carbocycles. The zero-order chi connectivity index (χ0) is 14.1. The summed E-state index contributed by atoms with van der Waals surface area (Å²) in [6.45, 7) is 1.80. The largest absolute Gasteiger partial charge is 0.341 e. The van der Waals surface area contributed by atoms with Crippen molar-refractivity contribution in [3.8, 4) is 0 Å². The van der Waals surface area contributed by atoms with E-state index in [0.29, 0.717) is 17.9 Å². The molecule has 1 aromatic carbocycles. The van der Waals surface area contributed by atoms with Crippen LogP contribution in [-0.2, 0) is 4.79 Å². The van der Waals surface area contributed by atoms with Crippen LogP contribution in [0.4, 0.5) is 0 Å². The minimum Gasteiger partial charge on any atom is -0.341 e. The van der Waals surface area contributed by atoms with E-state index < -0.39 is 0 Å². The van der Waals surface area contributed by atoms with Crippen LogP contribution in [0.2, 0.25) is 0 Å². The number of hydrogen-bond acceptors (Lipinski definition) is 2. The van der Waals surface area contributed by atoms with Crippen LogP contribution in [-0.4, -0.2) is 37.0 Å². The van der Waals surface area contributed by atoms with Gasteiger partial charge in [-0.25, -0.2) is 0 Å². The van der Waals surface area contributed by atoms with Crippen molar-refractivity contribution in [2.24, 2.45) is 5.92 Å². The van der Waals surface area contributed by atoms with Gasteiger partial charge >= 0.3 is 0 Å². The fourth-order valence-electron chi connectivity index (χ4n) is 3.22. The molecule has 1 aromatic rings. The van der Waals surface area contributed by atoms with Crippen LogP contribution >= 0.6 is 28.3 Å². The van der Waals surface area contributed by atoms with E-state index in [2.05, 4.69) is 44.3 Å². The predicted octanol–water partition coefficient (Wildman–Crippen LogP) is 3.18. The molecule has 3 unspecified atom stereocenters. The molecule has 2 aliphatic rings. The van der Waals surface area contributed by atoms with Crippen LogP contribution in [0.3, 0.4) is 0 Å². The Hall–Kier alpha value is -0.580. The molecule has 1 heterocycles. The molecule has 1 N–H and O–H groups in total. The van der Waals surface area contributed by atoms with E-state index in [1.807, 2.05) is 13.1 Å². The van der Waals surface area contributed by atoms with Gasteiger partial charge in [0.1, 0.15) is 0 Å². The van der Waals surface area contributed by atoms with Gasteiger partial charge in [-0.3, -0.25) is 4.79 Å². The van der Waals surface area contributed by atoms with E-state index in [-0.39, 0.29) is 18.3 Å². The van der Waals surface area contributed by atoms with Gasteiger partial charge in [0.2, 0.25) is 5.91 Å². The molecular formula is C16H22BrClN2O. The second kappa shape index (κ2) is 7.12. The molecule has 1 aliphatic heterocycles. The number of rotatable bonds is 3. The van der Waals surface area contributed by atoms with Crippen molar-refractivity contribution >= 4 is 34.2 Å². The lowest BCUT2D eigenvalue weighted by molar-refractivity contribution is -0.134. The second-order valence-electron chi connectivity index (χ2n) is 5.92. The molecule has 0 radical (unpaired) electrons. The lowest BCUT2D eigenvalue weighted by atomic mass is 10.0. The number of carbonyl (C=O) groups excluding carboxylic acids is 1. The number of carbonyl (C=O) groups is 1. The van der Waals surface area contributed by atoms with Crippen molar-refractivity contribution in [2.45, 2.75) is 31.2 Å². The Labute approximate surface area is 141 Å². The number of nitrogens with one attached hydrogen (secondary N) is 1. The molecule has 1 saturated heterocycles. The third-order valence-corrected chi connectivity index (χ3v) is 5.02. The van der Waals surface area contributed by atoms with E-state index in [1.165, 1.54) is 12.0 Å². The minimum atomic E-state index is 0. The predicted molar refractivity (Wildman–Crippen MR) is 90.9 cm³/mol. The Kier molecular flexibility index (Phi) is 5.69. The monoisotopic (exact) mass is 372 g/mol. The second-order valence-corrected chi connectivity index (χ2v) is 6.83. The van der Waals surface area contributed by atoms with Crippen LogP contribution in [0, 0.1) is 5.92 Å². The first kappa shape index (κ1) is 16.8.